The Bertz CT molecular complexity index is 936. The number of fused-ring (bicyclic) bond motifs is 7. The van der Waals surface area contributed by atoms with Gasteiger partial charge in [-0.05, 0) is 0 Å². The number of nitrogens with one attached hydrogen (secondary N) is 1. The zero-order chi connectivity index (χ0) is 26.6. The SMILES string of the molecule is O=C1CN2CCN(CCN3CCN(CC2)CC(=O)OOC(NCCN2C(=O)C4S[C@@H]4C2=O)C3)CC(=O)OO1. The van der Waals surface area contributed by atoms with Gasteiger partial charge in [-0.1, -0.05) is 0 Å². The highest BCUT2D eigenvalue weighted by atomic mass is 32.2. The van der Waals surface area contributed by atoms with E-state index in [2.05, 4.69) is 20.0 Å². The molecule has 5 fully saturated rings. The first-order valence-electron chi connectivity index (χ1n) is 12.8. The zero-order valence-corrected chi connectivity index (χ0v) is 21.8. The molecule has 5 heterocycles. The lowest BCUT2D eigenvalue weighted by Gasteiger charge is -2.35. The molecule has 2 amide bonds. The minimum atomic E-state index is -0.686. The van der Waals surface area contributed by atoms with Gasteiger partial charge in [-0.2, -0.15) is 4.89 Å². The first-order chi connectivity index (χ1) is 18.4. The summed E-state index contributed by atoms with van der Waals surface area (Å²) < 4.78 is 0. The molecule has 0 saturated carbocycles. The van der Waals surface area contributed by atoms with Crippen molar-refractivity contribution >= 4 is 41.5 Å². The van der Waals surface area contributed by atoms with Gasteiger partial charge in [0.25, 0.3) is 0 Å². The van der Waals surface area contributed by atoms with Gasteiger partial charge in [-0.15, -0.1) is 11.8 Å². The summed E-state index contributed by atoms with van der Waals surface area (Å²) in [5.41, 5.74) is 0. The third-order valence-electron chi connectivity index (χ3n) is 7.11. The largest absolute Gasteiger partial charge is 0.369 e. The number of amides is 2. The average molecular weight is 557 g/mol. The van der Waals surface area contributed by atoms with E-state index in [9.17, 15) is 24.0 Å². The monoisotopic (exact) mass is 556 g/mol. The predicted octanol–water partition coefficient (Wildman–Crippen LogP) is -3.52. The summed E-state index contributed by atoms with van der Waals surface area (Å²) in [5.74, 6) is -2.13. The Balaban J connectivity index is 1.23. The van der Waals surface area contributed by atoms with Crippen molar-refractivity contribution in [2.75, 3.05) is 91.6 Å². The predicted molar refractivity (Wildman–Crippen MR) is 129 cm³/mol. The van der Waals surface area contributed by atoms with Crippen LogP contribution in [0.4, 0.5) is 0 Å². The Kier molecular flexibility index (Phi) is 8.77. The highest BCUT2D eigenvalue weighted by molar-refractivity contribution is 8.09. The second-order valence-electron chi connectivity index (χ2n) is 9.84. The Hall–Kier alpha value is -2.34. The maximum atomic E-state index is 12.5. The third-order valence-corrected chi connectivity index (χ3v) is 8.33. The summed E-state index contributed by atoms with van der Waals surface area (Å²) in [6, 6.07) is 0. The van der Waals surface area contributed by atoms with Gasteiger partial charge in [-0.3, -0.25) is 44.3 Å². The van der Waals surface area contributed by atoms with Crippen molar-refractivity contribution in [3.63, 3.8) is 0 Å². The van der Waals surface area contributed by atoms with E-state index in [4.69, 9.17) is 9.78 Å². The first-order valence-corrected chi connectivity index (χ1v) is 13.7. The molecule has 5 aliphatic heterocycles. The van der Waals surface area contributed by atoms with E-state index in [0.29, 0.717) is 58.9 Å². The van der Waals surface area contributed by atoms with Crippen molar-refractivity contribution in [1.82, 2.24) is 29.8 Å². The van der Waals surface area contributed by atoms with E-state index in [1.807, 2.05) is 14.7 Å². The molecule has 38 heavy (non-hydrogen) atoms. The lowest BCUT2D eigenvalue weighted by atomic mass is 10.3. The molecule has 16 heteroatoms. The molecule has 0 aromatic heterocycles. The number of carbonyl (C=O) groups excluding carboxylic acids is 5. The van der Waals surface area contributed by atoms with Crippen LogP contribution in [-0.4, -0.2) is 163 Å². The topological polar surface area (TPSA) is 150 Å². The lowest BCUT2D eigenvalue weighted by Crippen LogP contribution is -2.53. The van der Waals surface area contributed by atoms with Crippen LogP contribution in [0.25, 0.3) is 0 Å². The number of hydrogen-bond donors (Lipinski definition) is 1. The van der Waals surface area contributed by atoms with Gasteiger partial charge in [0.1, 0.15) is 30.1 Å². The van der Waals surface area contributed by atoms with Crippen molar-refractivity contribution in [2.24, 2.45) is 0 Å². The van der Waals surface area contributed by atoms with Crippen molar-refractivity contribution in [1.29, 1.82) is 0 Å². The molecular formula is C22H32N6O9S. The van der Waals surface area contributed by atoms with Crippen LogP contribution < -0.4 is 5.32 Å². The summed E-state index contributed by atoms with van der Waals surface area (Å²) in [4.78, 5) is 90.1. The highest BCUT2D eigenvalue weighted by Gasteiger charge is 2.60. The molecule has 15 nitrogen and oxygen atoms in total. The molecule has 5 rings (SSSR count). The number of thioether (sulfide) groups is 1. The molecule has 5 aliphatic rings. The minimum Gasteiger partial charge on any atom is -0.297 e. The van der Waals surface area contributed by atoms with E-state index in [-0.39, 0.29) is 55.0 Å². The highest BCUT2D eigenvalue weighted by Crippen LogP contribution is 2.48. The maximum absolute atomic E-state index is 12.5. The number of rotatable bonds is 4. The summed E-state index contributed by atoms with van der Waals surface area (Å²) >= 11 is 1.39. The summed E-state index contributed by atoms with van der Waals surface area (Å²) in [7, 11) is 0. The number of imide groups is 1. The lowest BCUT2D eigenvalue weighted by molar-refractivity contribution is -0.307. The molecule has 6 unspecified atom stereocenters. The molecule has 7 atom stereocenters. The van der Waals surface area contributed by atoms with Crippen molar-refractivity contribution in [3.05, 3.63) is 0 Å². The van der Waals surface area contributed by atoms with Gasteiger partial charge in [0.2, 0.25) is 11.8 Å². The molecule has 5 saturated heterocycles. The van der Waals surface area contributed by atoms with E-state index in [0.717, 1.165) is 0 Å². The van der Waals surface area contributed by atoms with Crippen LogP contribution in [0.3, 0.4) is 0 Å². The van der Waals surface area contributed by atoms with Crippen LogP contribution in [0, 0.1) is 0 Å². The van der Waals surface area contributed by atoms with Crippen LogP contribution in [0.15, 0.2) is 0 Å². The van der Waals surface area contributed by atoms with Gasteiger partial charge >= 0.3 is 17.9 Å². The molecule has 0 aromatic rings. The van der Waals surface area contributed by atoms with Crippen LogP contribution in [-0.2, 0) is 43.5 Å². The van der Waals surface area contributed by atoms with Gasteiger partial charge < -0.3 is 0 Å². The molecular weight excluding hydrogens is 524 g/mol. The number of nitrogens with zero attached hydrogens (tertiary/aromatic N) is 5. The normalized spacial score (nSPS) is 36.9. The fraction of sp³-hybridized carbons (Fsp3) is 0.773. The number of likely N-dealkylation sites (tertiary alicyclic amines) is 1. The van der Waals surface area contributed by atoms with Crippen LogP contribution >= 0.6 is 11.8 Å². The van der Waals surface area contributed by atoms with E-state index >= 15 is 0 Å². The summed E-state index contributed by atoms with van der Waals surface area (Å²) in [5, 5.41) is 2.69. The fourth-order valence-electron chi connectivity index (χ4n) is 4.89. The summed E-state index contributed by atoms with van der Waals surface area (Å²) in [6.07, 6.45) is -0.686. The van der Waals surface area contributed by atoms with Gasteiger partial charge in [0.05, 0.1) is 0 Å². The Labute approximate surface area is 223 Å². The van der Waals surface area contributed by atoms with Gasteiger partial charge in [0.15, 0.2) is 6.23 Å². The van der Waals surface area contributed by atoms with Crippen LogP contribution in [0.1, 0.15) is 0 Å². The van der Waals surface area contributed by atoms with Crippen molar-refractivity contribution < 1.29 is 43.5 Å². The second-order valence-corrected chi connectivity index (χ2v) is 11.1. The molecule has 0 aromatic carbocycles. The Morgan fingerprint density at radius 2 is 1.11 bits per heavy atom. The van der Waals surface area contributed by atoms with Gasteiger partial charge in [-0.25, -0.2) is 24.2 Å². The van der Waals surface area contributed by atoms with Crippen LogP contribution in [0.2, 0.25) is 0 Å². The summed E-state index contributed by atoms with van der Waals surface area (Å²) in [6.45, 7) is 5.27. The number of hydrogen-bond acceptors (Lipinski definition) is 15. The maximum Gasteiger partial charge on any atom is 0.369 e. The van der Waals surface area contributed by atoms with Gasteiger partial charge in [0, 0.05) is 72.0 Å². The van der Waals surface area contributed by atoms with Crippen molar-refractivity contribution in [2.45, 2.75) is 16.7 Å². The molecule has 0 spiro atoms. The molecule has 0 aliphatic carbocycles. The number of carbonyl (C=O) groups is 5. The molecule has 4 bridgehead atoms. The Morgan fingerprint density at radius 1 is 0.658 bits per heavy atom. The molecule has 0 radical (unpaired) electrons. The van der Waals surface area contributed by atoms with Crippen molar-refractivity contribution in [3.8, 4) is 0 Å². The standard InChI is InChI=1S/C22H32N6O9S/c29-16-12-25-5-3-24(4-6-26-8-10-27(9-7-25)14-18(31)37-36-17(30)13-26)11-15(34-35-16)23-1-2-28-21(32)19-20(38-19)22(28)33/h15,19-20,23H,1-14H2/t15?,19-,20?/m0/s1. The van der Waals surface area contributed by atoms with E-state index < -0.39 is 24.1 Å². The van der Waals surface area contributed by atoms with Crippen LogP contribution in [0.5, 0.6) is 0 Å². The minimum absolute atomic E-state index is 0.0137. The fourth-order valence-corrected chi connectivity index (χ4v) is 5.84. The molecule has 210 valence electrons. The third kappa shape index (κ3) is 6.99. The van der Waals surface area contributed by atoms with E-state index in [1.165, 1.54) is 16.7 Å². The average Bonchev–Trinajstić information content (AvgIpc) is 3.65. The quantitative estimate of drug-likeness (QED) is 0.207. The molecule has 1 N–H and O–H groups in total. The smallest absolute Gasteiger partial charge is 0.297 e. The zero-order valence-electron chi connectivity index (χ0n) is 21.0. The van der Waals surface area contributed by atoms with E-state index in [1.54, 1.807) is 0 Å². The first kappa shape index (κ1) is 27.2. The Morgan fingerprint density at radius 3 is 1.61 bits per heavy atom. The second kappa shape index (κ2) is 12.2.